The average molecular weight is 388 g/mol. The Kier molecular flexibility index (Phi) is 4.68. The van der Waals surface area contributed by atoms with Crippen LogP contribution in [0.4, 0.5) is 11.4 Å². The van der Waals surface area contributed by atoms with Gasteiger partial charge in [0, 0.05) is 18.3 Å². The number of methoxy groups -OCH3 is 1. The molecule has 0 spiro atoms. The van der Waals surface area contributed by atoms with Gasteiger partial charge in [0.25, 0.3) is 11.8 Å². The summed E-state index contributed by atoms with van der Waals surface area (Å²) in [5.41, 5.74) is 3.12. The van der Waals surface area contributed by atoms with Gasteiger partial charge in [0.15, 0.2) is 5.75 Å². The molecular formula is C23H20N2O4. The molecule has 0 saturated heterocycles. The number of anilines is 2. The second-order valence-corrected chi connectivity index (χ2v) is 6.83. The van der Waals surface area contributed by atoms with Crippen LogP contribution >= 0.6 is 0 Å². The summed E-state index contributed by atoms with van der Waals surface area (Å²) in [6.45, 7) is 1.96. The third kappa shape index (κ3) is 3.52. The first-order valence-corrected chi connectivity index (χ1v) is 9.12. The fourth-order valence-corrected chi connectivity index (χ4v) is 3.19. The number of carbonyl (C=O) groups is 2. The Labute approximate surface area is 168 Å². The topological polar surface area (TPSA) is 67.9 Å². The van der Waals surface area contributed by atoms with Crippen molar-refractivity contribution in [2.75, 3.05) is 24.4 Å². The smallest absolute Gasteiger partial charge is 0.261 e. The SMILES string of the molecule is COc1ccc(C(=O)Nc2ccc3c(c2)C(=O)N(C)c2cc(C)ccc2O3)cc1. The number of carbonyl (C=O) groups excluding carboxylic acids is 2. The maximum absolute atomic E-state index is 13.0. The highest BCUT2D eigenvalue weighted by molar-refractivity contribution is 6.11. The minimum absolute atomic E-state index is 0.204. The summed E-state index contributed by atoms with van der Waals surface area (Å²) in [5, 5.41) is 2.83. The molecule has 1 N–H and O–H groups in total. The molecule has 0 unspecified atom stereocenters. The molecule has 0 aliphatic carbocycles. The molecule has 3 aromatic rings. The van der Waals surface area contributed by atoms with Crippen LogP contribution in [0.1, 0.15) is 26.3 Å². The van der Waals surface area contributed by atoms with Crippen LogP contribution in [0.2, 0.25) is 0 Å². The van der Waals surface area contributed by atoms with Crippen molar-refractivity contribution >= 4 is 23.2 Å². The first-order valence-electron chi connectivity index (χ1n) is 9.12. The molecule has 29 heavy (non-hydrogen) atoms. The van der Waals surface area contributed by atoms with Gasteiger partial charge in [0.05, 0.1) is 18.4 Å². The number of nitrogens with zero attached hydrogens (tertiary/aromatic N) is 1. The molecule has 0 radical (unpaired) electrons. The number of hydrogen-bond acceptors (Lipinski definition) is 4. The minimum Gasteiger partial charge on any atom is -0.497 e. The van der Waals surface area contributed by atoms with Gasteiger partial charge in [-0.1, -0.05) is 6.07 Å². The molecular weight excluding hydrogens is 368 g/mol. The summed E-state index contributed by atoms with van der Waals surface area (Å²) in [6.07, 6.45) is 0. The van der Waals surface area contributed by atoms with Gasteiger partial charge in [0.1, 0.15) is 11.5 Å². The molecule has 0 aromatic heterocycles. The van der Waals surface area contributed by atoms with Crippen molar-refractivity contribution in [3.8, 4) is 17.2 Å². The summed E-state index contributed by atoms with van der Waals surface area (Å²) >= 11 is 0. The third-order valence-electron chi connectivity index (χ3n) is 4.82. The highest BCUT2D eigenvalue weighted by atomic mass is 16.5. The Morgan fingerprint density at radius 3 is 2.45 bits per heavy atom. The maximum Gasteiger partial charge on any atom is 0.261 e. The molecule has 6 nitrogen and oxygen atoms in total. The third-order valence-corrected chi connectivity index (χ3v) is 4.82. The van der Waals surface area contributed by atoms with Gasteiger partial charge < -0.3 is 19.7 Å². The molecule has 1 aliphatic heterocycles. The summed E-state index contributed by atoms with van der Waals surface area (Å²) < 4.78 is 11.1. The van der Waals surface area contributed by atoms with Crippen molar-refractivity contribution in [2.24, 2.45) is 0 Å². The van der Waals surface area contributed by atoms with Gasteiger partial charge in [0.2, 0.25) is 0 Å². The van der Waals surface area contributed by atoms with E-state index in [9.17, 15) is 9.59 Å². The van der Waals surface area contributed by atoms with Crippen LogP contribution in [0.15, 0.2) is 60.7 Å². The van der Waals surface area contributed by atoms with Gasteiger partial charge in [-0.15, -0.1) is 0 Å². The van der Waals surface area contributed by atoms with Crippen LogP contribution in [0.3, 0.4) is 0 Å². The van der Waals surface area contributed by atoms with E-state index >= 15 is 0 Å². The predicted octanol–water partition coefficient (Wildman–Crippen LogP) is 4.64. The van der Waals surface area contributed by atoms with E-state index in [1.54, 1.807) is 61.5 Å². The van der Waals surface area contributed by atoms with Crippen LogP contribution in [0.25, 0.3) is 0 Å². The maximum atomic E-state index is 13.0. The zero-order chi connectivity index (χ0) is 20.5. The lowest BCUT2D eigenvalue weighted by Crippen LogP contribution is -2.25. The second kappa shape index (κ2) is 7.31. The first kappa shape index (κ1) is 18.6. The molecule has 0 bridgehead atoms. The average Bonchev–Trinajstić information content (AvgIpc) is 2.83. The Balaban J connectivity index is 1.63. The molecule has 1 heterocycles. The summed E-state index contributed by atoms with van der Waals surface area (Å²) in [7, 11) is 3.28. The van der Waals surface area contributed by atoms with Gasteiger partial charge in [-0.2, -0.15) is 0 Å². The van der Waals surface area contributed by atoms with Crippen LogP contribution in [0.5, 0.6) is 17.2 Å². The van der Waals surface area contributed by atoms with Crippen LogP contribution in [0, 0.1) is 6.92 Å². The molecule has 4 rings (SSSR count). The number of fused-ring (bicyclic) bond motifs is 2. The van der Waals surface area contributed by atoms with Crippen molar-refractivity contribution in [2.45, 2.75) is 6.92 Å². The number of benzene rings is 3. The van der Waals surface area contributed by atoms with Crippen molar-refractivity contribution < 1.29 is 19.1 Å². The number of amides is 2. The molecule has 0 saturated carbocycles. The number of nitrogens with one attached hydrogen (secondary N) is 1. The van der Waals surface area contributed by atoms with Gasteiger partial charge in [-0.25, -0.2) is 0 Å². The van der Waals surface area contributed by atoms with E-state index in [1.165, 1.54) is 0 Å². The Bertz CT molecular complexity index is 1110. The van der Waals surface area contributed by atoms with E-state index in [-0.39, 0.29) is 11.8 Å². The van der Waals surface area contributed by atoms with Crippen molar-refractivity contribution in [3.05, 3.63) is 77.4 Å². The minimum atomic E-state index is -0.276. The number of rotatable bonds is 3. The monoisotopic (exact) mass is 388 g/mol. The van der Waals surface area contributed by atoms with Crippen LogP contribution in [-0.2, 0) is 0 Å². The number of aryl methyl sites for hydroxylation is 1. The Morgan fingerprint density at radius 1 is 1.00 bits per heavy atom. The lowest BCUT2D eigenvalue weighted by atomic mass is 10.1. The van der Waals surface area contributed by atoms with Gasteiger partial charge >= 0.3 is 0 Å². The lowest BCUT2D eigenvalue weighted by molar-refractivity contribution is 0.0990. The fraction of sp³-hybridized carbons (Fsp3) is 0.130. The molecule has 3 aromatic carbocycles. The quantitative estimate of drug-likeness (QED) is 0.710. The lowest BCUT2D eigenvalue weighted by Gasteiger charge is -2.16. The first-order chi connectivity index (χ1) is 14.0. The molecule has 146 valence electrons. The van der Waals surface area contributed by atoms with Gasteiger partial charge in [-0.05, 0) is 67.1 Å². The summed E-state index contributed by atoms with van der Waals surface area (Å²) in [4.78, 5) is 27.1. The molecule has 6 heteroatoms. The highest BCUT2D eigenvalue weighted by Crippen LogP contribution is 2.39. The molecule has 0 fully saturated rings. The van der Waals surface area contributed by atoms with Crippen molar-refractivity contribution in [1.29, 1.82) is 0 Å². The van der Waals surface area contributed by atoms with Gasteiger partial charge in [-0.3, -0.25) is 9.59 Å². The number of ether oxygens (including phenoxy) is 2. The predicted molar refractivity (Wildman–Crippen MR) is 111 cm³/mol. The van der Waals surface area contributed by atoms with E-state index in [4.69, 9.17) is 9.47 Å². The molecule has 0 atom stereocenters. The van der Waals surface area contributed by atoms with Crippen LogP contribution in [-0.4, -0.2) is 26.0 Å². The van der Waals surface area contributed by atoms with Crippen molar-refractivity contribution in [1.82, 2.24) is 0 Å². The second-order valence-electron chi connectivity index (χ2n) is 6.83. The normalized spacial score (nSPS) is 12.4. The standard InChI is InChI=1S/C23H20N2O4/c1-14-4-10-21-19(12-14)25(2)23(27)18-13-16(7-11-20(18)29-21)24-22(26)15-5-8-17(28-3)9-6-15/h4-13H,1-3H3,(H,24,26). The Hall–Kier alpha value is -3.80. The van der Waals surface area contributed by atoms with E-state index in [1.807, 2.05) is 25.1 Å². The van der Waals surface area contributed by atoms with Crippen molar-refractivity contribution in [3.63, 3.8) is 0 Å². The van der Waals surface area contributed by atoms with E-state index in [0.717, 1.165) is 5.56 Å². The number of hydrogen-bond donors (Lipinski definition) is 1. The zero-order valence-corrected chi connectivity index (χ0v) is 16.4. The summed E-state index contributed by atoms with van der Waals surface area (Å²) in [6, 6.07) is 17.5. The van der Waals surface area contributed by atoms with E-state index in [0.29, 0.717) is 39.8 Å². The summed E-state index contributed by atoms with van der Waals surface area (Å²) in [5.74, 6) is 1.26. The highest BCUT2D eigenvalue weighted by Gasteiger charge is 2.26. The largest absolute Gasteiger partial charge is 0.497 e. The zero-order valence-electron chi connectivity index (χ0n) is 16.4. The fourth-order valence-electron chi connectivity index (χ4n) is 3.19. The van der Waals surface area contributed by atoms with E-state index in [2.05, 4.69) is 5.32 Å². The Morgan fingerprint density at radius 2 is 1.72 bits per heavy atom. The molecule has 1 aliphatic rings. The van der Waals surface area contributed by atoms with E-state index < -0.39 is 0 Å². The van der Waals surface area contributed by atoms with Crippen LogP contribution < -0.4 is 19.7 Å². The molecule has 2 amide bonds.